The van der Waals surface area contributed by atoms with Gasteiger partial charge < -0.3 is 9.47 Å². The SMILES string of the molecule is COC(=O)C(=C(c1ccc(S(C)(=O)=O)cc1)C(C)(C)OC)c1cccc(F)c1. The van der Waals surface area contributed by atoms with Crippen molar-refractivity contribution >= 4 is 27.0 Å². The topological polar surface area (TPSA) is 69.7 Å². The van der Waals surface area contributed by atoms with Gasteiger partial charge in [-0.3, -0.25) is 0 Å². The molecule has 0 aliphatic carbocycles. The van der Waals surface area contributed by atoms with Crippen LogP contribution < -0.4 is 0 Å². The molecule has 150 valence electrons. The van der Waals surface area contributed by atoms with Crippen molar-refractivity contribution in [2.75, 3.05) is 20.5 Å². The Morgan fingerprint density at radius 2 is 1.61 bits per heavy atom. The van der Waals surface area contributed by atoms with Crippen molar-refractivity contribution < 1.29 is 27.1 Å². The van der Waals surface area contributed by atoms with Gasteiger partial charge >= 0.3 is 5.97 Å². The third kappa shape index (κ3) is 4.66. The molecule has 0 amide bonds. The van der Waals surface area contributed by atoms with Crippen molar-refractivity contribution in [2.45, 2.75) is 24.3 Å². The third-order valence-corrected chi connectivity index (χ3v) is 5.56. The van der Waals surface area contributed by atoms with Crippen LogP contribution in [0.15, 0.2) is 53.4 Å². The van der Waals surface area contributed by atoms with E-state index in [0.717, 1.165) is 6.26 Å². The van der Waals surface area contributed by atoms with E-state index < -0.39 is 27.2 Å². The predicted molar refractivity (Wildman–Crippen MR) is 106 cm³/mol. The lowest BCUT2D eigenvalue weighted by Crippen LogP contribution is -2.27. The van der Waals surface area contributed by atoms with Gasteiger partial charge in [-0.1, -0.05) is 24.3 Å². The Morgan fingerprint density at radius 3 is 2.07 bits per heavy atom. The number of rotatable bonds is 6. The lowest BCUT2D eigenvalue weighted by atomic mass is 9.84. The molecule has 0 spiro atoms. The Bertz CT molecular complexity index is 1010. The molecule has 0 aromatic heterocycles. The van der Waals surface area contributed by atoms with Gasteiger partial charge in [-0.2, -0.15) is 0 Å². The van der Waals surface area contributed by atoms with Crippen LogP contribution in [-0.2, 0) is 24.1 Å². The summed E-state index contributed by atoms with van der Waals surface area (Å²) in [6.07, 6.45) is 1.12. The lowest BCUT2D eigenvalue weighted by Gasteiger charge is -2.29. The summed E-state index contributed by atoms with van der Waals surface area (Å²) in [4.78, 5) is 12.8. The average molecular weight is 406 g/mol. The van der Waals surface area contributed by atoms with Gasteiger partial charge in [0.15, 0.2) is 9.84 Å². The summed E-state index contributed by atoms with van der Waals surface area (Å²) in [5, 5.41) is 0. The molecule has 7 heteroatoms. The van der Waals surface area contributed by atoms with E-state index in [1.165, 1.54) is 44.6 Å². The number of sulfone groups is 1. The zero-order valence-corrected chi connectivity index (χ0v) is 17.3. The average Bonchev–Trinajstić information content (AvgIpc) is 2.64. The lowest BCUT2D eigenvalue weighted by molar-refractivity contribution is -0.133. The smallest absolute Gasteiger partial charge is 0.338 e. The van der Waals surface area contributed by atoms with Crippen LogP contribution in [0, 0.1) is 5.82 Å². The Balaban J connectivity index is 2.87. The molecule has 2 aromatic carbocycles. The molecule has 2 aromatic rings. The Labute approximate surface area is 164 Å². The maximum absolute atomic E-state index is 13.9. The number of halogens is 1. The van der Waals surface area contributed by atoms with Crippen LogP contribution in [0.5, 0.6) is 0 Å². The van der Waals surface area contributed by atoms with Crippen molar-refractivity contribution in [3.8, 4) is 0 Å². The minimum atomic E-state index is -3.37. The van der Waals surface area contributed by atoms with Crippen molar-refractivity contribution in [2.24, 2.45) is 0 Å². The van der Waals surface area contributed by atoms with E-state index in [-0.39, 0.29) is 10.5 Å². The Morgan fingerprint density at radius 1 is 1.00 bits per heavy atom. The van der Waals surface area contributed by atoms with Crippen LogP contribution in [0.25, 0.3) is 11.1 Å². The molecule has 0 radical (unpaired) electrons. The zero-order valence-electron chi connectivity index (χ0n) is 16.4. The second kappa shape index (κ2) is 8.24. The fourth-order valence-electron chi connectivity index (χ4n) is 2.87. The van der Waals surface area contributed by atoms with Gasteiger partial charge in [-0.05, 0) is 49.2 Å². The Hall–Kier alpha value is -2.51. The van der Waals surface area contributed by atoms with E-state index in [9.17, 15) is 17.6 Å². The van der Waals surface area contributed by atoms with Crippen molar-refractivity contribution in [3.63, 3.8) is 0 Å². The van der Waals surface area contributed by atoms with Crippen molar-refractivity contribution in [1.29, 1.82) is 0 Å². The van der Waals surface area contributed by atoms with E-state index in [0.29, 0.717) is 16.7 Å². The molecule has 5 nitrogen and oxygen atoms in total. The second-order valence-corrected chi connectivity index (χ2v) is 8.78. The number of methoxy groups -OCH3 is 2. The monoisotopic (exact) mass is 406 g/mol. The highest BCUT2D eigenvalue weighted by Crippen LogP contribution is 2.38. The van der Waals surface area contributed by atoms with Gasteiger partial charge in [-0.25, -0.2) is 17.6 Å². The van der Waals surface area contributed by atoms with Gasteiger partial charge in [0.25, 0.3) is 0 Å². The fourth-order valence-corrected chi connectivity index (χ4v) is 3.50. The zero-order chi connectivity index (χ0) is 21.1. The molecule has 0 saturated heterocycles. The van der Waals surface area contributed by atoms with Crippen molar-refractivity contribution in [1.82, 2.24) is 0 Å². The van der Waals surface area contributed by atoms with Crippen LogP contribution in [0.2, 0.25) is 0 Å². The van der Waals surface area contributed by atoms with Gasteiger partial charge in [0.05, 0.1) is 23.2 Å². The minimum Gasteiger partial charge on any atom is -0.465 e. The Kier molecular flexibility index (Phi) is 6.41. The molecule has 0 N–H and O–H groups in total. The molecule has 0 atom stereocenters. The highest BCUT2D eigenvalue weighted by atomic mass is 32.2. The molecule has 0 heterocycles. The van der Waals surface area contributed by atoms with Crippen LogP contribution in [-0.4, -0.2) is 40.5 Å². The maximum Gasteiger partial charge on any atom is 0.338 e. The van der Waals surface area contributed by atoms with Gasteiger partial charge in [0, 0.05) is 18.9 Å². The summed E-state index contributed by atoms with van der Waals surface area (Å²) in [5.74, 6) is -1.15. The summed E-state index contributed by atoms with van der Waals surface area (Å²) >= 11 is 0. The summed E-state index contributed by atoms with van der Waals surface area (Å²) < 4.78 is 47.9. The van der Waals surface area contributed by atoms with Gasteiger partial charge in [0.2, 0.25) is 0 Å². The molecule has 0 unspecified atom stereocenters. The highest BCUT2D eigenvalue weighted by molar-refractivity contribution is 7.90. The highest BCUT2D eigenvalue weighted by Gasteiger charge is 2.32. The first kappa shape index (κ1) is 21.8. The summed E-state index contributed by atoms with van der Waals surface area (Å²) in [5.41, 5.74) is 0.527. The second-order valence-electron chi connectivity index (χ2n) is 6.76. The minimum absolute atomic E-state index is 0.140. The van der Waals surface area contributed by atoms with E-state index in [1.54, 1.807) is 32.0 Å². The van der Waals surface area contributed by atoms with Gasteiger partial charge in [-0.15, -0.1) is 0 Å². The quantitative estimate of drug-likeness (QED) is 0.415. The number of hydrogen-bond acceptors (Lipinski definition) is 5. The molecule has 0 aliphatic heterocycles. The van der Waals surface area contributed by atoms with Crippen LogP contribution in [0.3, 0.4) is 0 Å². The van der Waals surface area contributed by atoms with Crippen LogP contribution in [0.1, 0.15) is 25.0 Å². The van der Waals surface area contributed by atoms with Crippen molar-refractivity contribution in [3.05, 3.63) is 65.5 Å². The molecule has 2 rings (SSSR count). The molecule has 0 saturated carbocycles. The first-order valence-corrected chi connectivity index (χ1v) is 10.3. The molecular weight excluding hydrogens is 383 g/mol. The molecule has 0 bridgehead atoms. The largest absolute Gasteiger partial charge is 0.465 e. The number of benzene rings is 2. The number of carbonyl (C=O) groups is 1. The normalized spacial score (nSPS) is 13.1. The van der Waals surface area contributed by atoms with Crippen LogP contribution >= 0.6 is 0 Å². The van der Waals surface area contributed by atoms with Gasteiger partial charge in [0.1, 0.15) is 5.82 Å². The summed E-state index contributed by atoms with van der Waals surface area (Å²) in [7, 11) is -0.641. The predicted octanol–water partition coefficient (Wildman–Crippen LogP) is 3.74. The van der Waals surface area contributed by atoms with E-state index in [4.69, 9.17) is 9.47 Å². The van der Waals surface area contributed by atoms with Crippen LogP contribution in [0.4, 0.5) is 4.39 Å². The first-order chi connectivity index (χ1) is 13.0. The summed E-state index contributed by atoms with van der Waals surface area (Å²) in [6.45, 7) is 3.52. The molecule has 0 fully saturated rings. The molecular formula is C21H23FO5S. The van der Waals surface area contributed by atoms with E-state index >= 15 is 0 Å². The van der Waals surface area contributed by atoms with E-state index in [1.807, 2.05) is 0 Å². The first-order valence-electron chi connectivity index (χ1n) is 8.46. The third-order valence-electron chi connectivity index (χ3n) is 4.44. The number of esters is 1. The number of carbonyl (C=O) groups excluding carboxylic acids is 1. The fraction of sp³-hybridized carbons (Fsp3) is 0.286. The molecule has 0 aliphatic rings. The number of hydrogen-bond donors (Lipinski definition) is 0. The van der Waals surface area contributed by atoms with E-state index in [2.05, 4.69) is 0 Å². The standard InChI is InChI=1S/C21H23FO5S/c1-21(2,27-4)19(14-9-11-17(12-10-14)28(5,24)25)18(20(23)26-3)15-7-6-8-16(22)13-15/h6-13H,1-5H3. The maximum atomic E-state index is 13.9. The summed E-state index contributed by atoms with van der Waals surface area (Å²) in [6, 6.07) is 11.7. The number of ether oxygens (including phenoxy) is 2. The molecule has 28 heavy (non-hydrogen) atoms.